The van der Waals surface area contributed by atoms with E-state index >= 15 is 0 Å². The lowest BCUT2D eigenvalue weighted by atomic mass is 10.2. The molecular weight excluding hydrogens is 172 g/mol. The van der Waals surface area contributed by atoms with Gasteiger partial charge in [-0.1, -0.05) is 0 Å². The first-order valence-corrected chi connectivity index (χ1v) is 3.98. The number of nitrogens with zero attached hydrogens (tertiary/aromatic N) is 2. The molecule has 1 aromatic heterocycles. The van der Waals surface area contributed by atoms with Crippen molar-refractivity contribution in [2.24, 2.45) is 7.05 Å². The van der Waals surface area contributed by atoms with Gasteiger partial charge in [-0.25, -0.2) is 4.79 Å². The number of carboxylic acids is 1. The summed E-state index contributed by atoms with van der Waals surface area (Å²) in [4.78, 5) is 10.7. The van der Waals surface area contributed by atoms with Gasteiger partial charge in [-0.2, -0.15) is 5.10 Å². The Balaban J connectivity index is 2.84. The second kappa shape index (κ2) is 4.04. The van der Waals surface area contributed by atoms with E-state index < -0.39 is 5.97 Å². The molecule has 72 valence electrons. The number of aryl methyl sites for hydroxylation is 1. The van der Waals surface area contributed by atoms with Crippen molar-refractivity contribution in [3.8, 4) is 0 Å². The number of aromatic carboxylic acids is 1. The Labute approximate surface area is 75.9 Å². The van der Waals surface area contributed by atoms with Crippen molar-refractivity contribution in [1.82, 2.24) is 9.78 Å². The predicted molar refractivity (Wildman–Crippen MR) is 45.5 cm³/mol. The first-order chi connectivity index (χ1) is 6.15. The number of hydrogen-bond acceptors (Lipinski definition) is 3. The molecule has 0 atom stereocenters. The van der Waals surface area contributed by atoms with Gasteiger partial charge in [0.25, 0.3) is 0 Å². The maximum absolute atomic E-state index is 10.7. The second-order valence-electron chi connectivity index (χ2n) is 2.61. The minimum atomic E-state index is -0.970. The zero-order valence-corrected chi connectivity index (χ0v) is 7.65. The molecule has 0 radical (unpaired) electrons. The molecular formula is C8H12N2O3. The molecule has 13 heavy (non-hydrogen) atoms. The fourth-order valence-corrected chi connectivity index (χ4v) is 1.02. The molecule has 5 nitrogen and oxygen atoms in total. The Morgan fingerprint density at radius 3 is 3.00 bits per heavy atom. The topological polar surface area (TPSA) is 64.4 Å². The van der Waals surface area contributed by atoms with E-state index in [1.54, 1.807) is 7.05 Å². The molecule has 5 heteroatoms. The molecule has 0 fully saturated rings. The summed E-state index contributed by atoms with van der Waals surface area (Å²) in [5, 5.41) is 12.7. The lowest BCUT2D eigenvalue weighted by molar-refractivity contribution is 0.0688. The minimum absolute atomic E-state index is 0.205. The van der Waals surface area contributed by atoms with Crippen molar-refractivity contribution in [2.75, 3.05) is 6.61 Å². The Morgan fingerprint density at radius 1 is 1.77 bits per heavy atom. The number of hydrogen-bond donors (Lipinski definition) is 1. The van der Waals surface area contributed by atoms with E-state index in [2.05, 4.69) is 5.10 Å². The molecule has 1 rings (SSSR count). The highest BCUT2D eigenvalue weighted by Gasteiger charge is 2.13. The summed E-state index contributed by atoms with van der Waals surface area (Å²) in [6.45, 7) is 2.65. The number of carbonyl (C=O) groups is 1. The monoisotopic (exact) mass is 184 g/mol. The molecule has 1 aromatic rings. The van der Waals surface area contributed by atoms with Gasteiger partial charge < -0.3 is 9.84 Å². The van der Waals surface area contributed by atoms with E-state index in [-0.39, 0.29) is 12.2 Å². The molecule has 0 aliphatic heterocycles. The highest BCUT2D eigenvalue weighted by Crippen LogP contribution is 2.07. The Kier molecular flexibility index (Phi) is 3.02. The molecule has 1 heterocycles. The van der Waals surface area contributed by atoms with E-state index in [1.165, 1.54) is 10.9 Å². The predicted octanol–water partition coefficient (Wildman–Crippen LogP) is 0.655. The van der Waals surface area contributed by atoms with Crippen LogP contribution < -0.4 is 0 Å². The summed E-state index contributed by atoms with van der Waals surface area (Å²) in [6.07, 6.45) is 1.47. The van der Waals surface area contributed by atoms with Gasteiger partial charge in [0.1, 0.15) is 11.3 Å². The highest BCUT2D eigenvalue weighted by molar-refractivity contribution is 5.88. The van der Waals surface area contributed by atoms with Gasteiger partial charge in [-0.3, -0.25) is 4.68 Å². The van der Waals surface area contributed by atoms with Crippen molar-refractivity contribution in [3.05, 3.63) is 17.5 Å². The van der Waals surface area contributed by atoms with Crippen LogP contribution >= 0.6 is 0 Å². The van der Waals surface area contributed by atoms with Crippen LogP contribution in [0.2, 0.25) is 0 Å². The molecule has 1 N–H and O–H groups in total. The van der Waals surface area contributed by atoms with Gasteiger partial charge in [0.05, 0.1) is 6.61 Å². The molecule has 0 aliphatic carbocycles. The maximum atomic E-state index is 10.7. The first kappa shape index (κ1) is 9.73. The molecule has 0 aromatic carbocycles. The molecule has 0 amide bonds. The van der Waals surface area contributed by atoms with Crippen molar-refractivity contribution in [3.63, 3.8) is 0 Å². The fourth-order valence-electron chi connectivity index (χ4n) is 1.02. The van der Waals surface area contributed by atoms with Crippen LogP contribution in [-0.2, 0) is 18.4 Å². The summed E-state index contributed by atoms with van der Waals surface area (Å²) in [5.41, 5.74) is 0.674. The van der Waals surface area contributed by atoms with Gasteiger partial charge in [0.15, 0.2) is 0 Å². The number of ether oxygens (including phenoxy) is 1. The van der Waals surface area contributed by atoms with Crippen LogP contribution in [0.15, 0.2) is 6.20 Å². The zero-order chi connectivity index (χ0) is 9.84. The lowest BCUT2D eigenvalue weighted by Crippen LogP contribution is -2.02. The van der Waals surface area contributed by atoms with Crippen molar-refractivity contribution in [2.45, 2.75) is 13.5 Å². The minimum Gasteiger partial charge on any atom is -0.478 e. The molecule has 0 saturated carbocycles. The van der Waals surface area contributed by atoms with Crippen LogP contribution in [0.3, 0.4) is 0 Å². The van der Waals surface area contributed by atoms with Gasteiger partial charge in [-0.15, -0.1) is 0 Å². The molecule has 0 spiro atoms. The second-order valence-corrected chi connectivity index (χ2v) is 2.61. The van der Waals surface area contributed by atoms with Gasteiger partial charge >= 0.3 is 5.97 Å². The van der Waals surface area contributed by atoms with Gasteiger partial charge in [0, 0.05) is 19.9 Å². The molecule has 0 saturated heterocycles. The van der Waals surface area contributed by atoms with E-state index in [4.69, 9.17) is 9.84 Å². The summed E-state index contributed by atoms with van der Waals surface area (Å²) in [7, 11) is 1.68. The molecule has 0 aliphatic rings. The van der Waals surface area contributed by atoms with E-state index in [1.807, 2.05) is 6.92 Å². The number of aromatic nitrogens is 2. The SMILES string of the molecule is CCOCc1nn(C)cc1C(=O)O. The standard InChI is InChI=1S/C8H12N2O3/c1-3-13-5-7-6(8(11)12)4-10(2)9-7/h4H,3,5H2,1-2H3,(H,11,12). The molecule has 0 bridgehead atoms. The van der Waals surface area contributed by atoms with Crippen LogP contribution in [-0.4, -0.2) is 27.5 Å². The summed E-state index contributed by atoms with van der Waals surface area (Å²) < 4.78 is 6.55. The van der Waals surface area contributed by atoms with E-state index in [0.29, 0.717) is 12.3 Å². The largest absolute Gasteiger partial charge is 0.478 e. The smallest absolute Gasteiger partial charge is 0.339 e. The Hall–Kier alpha value is -1.36. The van der Waals surface area contributed by atoms with Crippen molar-refractivity contribution >= 4 is 5.97 Å². The molecule has 0 unspecified atom stereocenters. The maximum Gasteiger partial charge on any atom is 0.339 e. The average molecular weight is 184 g/mol. The van der Waals surface area contributed by atoms with E-state index in [0.717, 1.165) is 0 Å². The van der Waals surface area contributed by atoms with Crippen molar-refractivity contribution in [1.29, 1.82) is 0 Å². The summed E-state index contributed by atoms with van der Waals surface area (Å²) in [5.74, 6) is -0.970. The Bertz CT molecular complexity index is 306. The van der Waals surface area contributed by atoms with Gasteiger partial charge in [-0.05, 0) is 6.92 Å². The quantitative estimate of drug-likeness (QED) is 0.746. The van der Waals surface area contributed by atoms with Crippen LogP contribution in [0, 0.1) is 0 Å². The first-order valence-electron chi connectivity index (χ1n) is 3.98. The van der Waals surface area contributed by atoms with Crippen molar-refractivity contribution < 1.29 is 14.6 Å². The third kappa shape index (κ3) is 2.29. The summed E-state index contributed by atoms with van der Waals surface area (Å²) >= 11 is 0. The number of carboxylic acid groups (broad SMARTS) is 1. The van der Waals surface area contributed by atoms with Crippen LogP contribution in [0.1, 0.15) is 23.0 Å². The van der Waals surface area contributed by atoms with Crippen LogP contribution in [0.4, 0.5) is 0 Å². The van der Waals surface area contributed by atoms with Crippen LogP contribution in [0.25, 0.3) is 0 Å². The van der Waals surface area contributed by atoms with E-state index in [9.17, 15) is 4.79 Å². The third-order valence-electron chi connectivity index (χ3n) is 1.58. The zero-order valence-electron chi connectivity index (χ0n) is 7.65. The Morgan fingerprint density at radius 2 is 2.46 bits per heavy atom. The number of rotatable bonds is 4. The average Bonchev–Trinajstić information content (AvgIpc) is 2.43. The third-order valence-corrected chi connectivity index (χ3v) is 1.58. The van der Waals surface area contributed by atoms with Crippen LogP contribution in [0.5, 0.6) is 0 Å². The summed E-state index contributed by atoms with van der Waals surface area (Å²) in [6, 6.07) is 0. The fraction of sp³-hybridized carbons (Fsp3) is 0.500. The lowest BCUT2D eigenvalue weighted by Gasteiger charge is -1.97. The highest BCUT2D eigenvalue weighted by atomic mass is 16.5. The normalized spacial score (nSPS) is 10.3. The van der Waals surface area contributed by atoms with Gasteiger partial charge in [0.2, 0.25) is 0 Å².